The molecular weight excluding hydrogens is 263 g/mol. The van der Waals surface area contributed by atoms with Crippen LogP contribution in [0.2, 0.25) is 10.2 Å². The topological polar surface area (TPSA) is 42.4 Å². The van der Waals surface area contributed by atoms with Gasteiger partial charge >= 0.3 is 0 Å². The summed E-state index contributed by atoms with van der Waals surface area (Å²) in [5.74, 6) is -0.126. The molecule has 0 N–H and O–H groups in total. The minimum Gasteiger partial charge on any atom is -0.380 e. The van der Waals surface area contributed by atoms with Gasteiger partial charge in [-0.15, -0.1) is 0 Å². The molecule has 1 saturated heterocycles. The van der Waals surface area contributed by atoms with Crippen LogP contribution in [0.4, 0.5) is 0 Å². The maximum atomic E-state index is 12.2. The maximum absolute atomic E-state index is 12.2. The Morgan fingerprint density at radius 1 is 1.59 bits per heavy atom. The van der Waals surface area contributed by atoms with Gasteiger partial charge in [0.1, 0.15) is 5.15 Å². The number of carbonyl (C=O) groups is 1. The van der Waals surface area contributed by atoms with E-state index in [-0.39, 0.29) is 17.2 Å². The van der Waals surface area contributed by atoms with Crippen molar-refractivity contribution in [1.29, 1.82) is 0 Å². The van der Waals surface area contributed by atoms with Gasteiger partial charge in [0.05, 0.1) is 16.7 Å². The highest BCUT2D eigenvalue weighted by atomic mass is 35.5. The van der Waals surface area contributed by atoms with Crippen molar-refractivity contribution in [3.05, 3.63) is 28.0 Å². The van der Waals surface area contributed by atoms with Crippen molar-refractivity contribution in [1.82, 2.24) is 9.88 Å². The van der Waals surface area contributed by atoms with E-state index in [9.17, 15) is 4.79 Å². The molecule has 0 aromatic carbocycles. The lowest BCUT2D eigenvalue weighted by Crippen LogP contribution is -2.30. The first-order valence-electron chi connectivity index (χ1n) is 5.25. The lowest BCUT2D eigenvalue weighted by atomic mass is 10.2. The van der Waals surface area contributed by atoms with Crippen LogP contribution in [0.5, 0.6) is 0 Å². The Kier molecular flexibility index (Phi) is 3.86. The molecule has 1 atom stereocenters. The molecule has 0 bridgehead atoms. The second kappa shape index (κ2) is 5.21. The predicted molar refractivity (Wildman–Crippen MR) is 65.6 cm³/mol. The number of aromatic nitrogens is 1. The Morgan fingerprint density at radius 2 is 2.35 bits per heavy atom. The van der Waals surface area contributed by atoms with E-state index >= 15 is 0 Å². The number of methoxy groups -OCH3 is 1. The standard InChI is InChI=1S/C11H12Cl2N2O2/c1-17-7-2-3-15(6-7)11(16)8-4-10(13)14-5-9(8)12/h4-5,7H,2-3,6H2,1H3. The Balaban J connectivity index is 2.17. The first kappa shape index (κ1) is 12.6. The number of hydrogen-bond donors (Lipinski definition) is 0. The summed E-state index contributed by atoms with van der Waals surface area (Å²) in [6, 6.07) is 1.49. The van der Waals surface area contributed by atoms with E-state index in [1.807, 2.05) is 0 Å². The number of carbonyl (C=O) groups excluding carboxylic acids is 1. The third-order valence-electron chi connectivity index (χ3n) is 2.82. The molecule has 6 heteroatoms. The summed E-state index contributed by atoms with van der Waals surface area (Å²) in [6.45, 7) is 1.26. The van der Waals surface area contributed by atoms with Gasteiger partial charge in [-0.3, -0.25) is 4.79 Å². The monoisotopic (exact) mass is 274 g/mol. The lowest BCUT2D eigenvalue weighted by Gasteiger charge is -2.16. The Hall–Kier alpha value is -0.840. The van der Waals surface area contributed by atoms with Gasteiger partial charge in [-0.25, -0.2) is 4.98 Å². The highest BCUT2D eigenvalue weighted by Crippen LogP contribution is 2.22. The number of pyridine rings is 1. The molecule has 1 aromatic heterocycles. The van der Waals surface area contributed by atoms with E-state index in [0.29, 0.717) is 23.7 Å². The fourth-order valence-electron chi connectivity index (χ4n) is 1.85. The van der Waals surface area contributed by atoms with E-state index < -0.39 is 0 Å². The first-order chi connectivity index (χ1) is 8.11. The molecule has 1 fully saturated rings. The molecule has 2 rings (SSSR count). The molecule has 0 aliphatic carbocycles. The smallest absolute Gasteiger partial charge is 0.255 e. The number of amides is 1. The highest BCUT2D eigenvalue weighted by molar-refractivity contribution is 6.35. The van der Waals surface area contributed by atoms with E-state index in [0.717, 1.165) is 6.42 Å². The van der Waals surface area contributed by atoms with Crippen molar-refractivity contribution in [3.63, 3.8) is 0 Å². The van der Waals surface area contributed by atoms with Gasteiger partial charge in [0.2, 0.25) is 0 Å². The summed E-state index contributed by atoms with van der Waals surface area (Å²) in [5.41, 5.74) is 0.392. The van der Waals surface area contributed by atoms with Crippen molar-refractivity contribution >= 4 is 29.1 Å². The average molecular weight is 275 g/mol. The van der Waals surface area contributed by atoms with Crippen molar-refractivity contribution < 1.29 is 9.53 Å². The fourth-order valence-corrected chi connectivity index (χ4v) is 2.19. The zero-order valence-corrected chi connectivity index (χ0v) is 10.8. The average Bonchev–Trinajstić information content (AvgIpc) is 2.80. The van der Waals surface area contributed by atoms with Gasteiger partial charge < -0.3 is 9.64 Å². The number of rotatable bonds is 2. The van der Waals surface area contributed by atoms with Gasteiger partial charge in [-0.05, 0) is 12.5 Å². The van der Waals surface area contributed by atoms with Crippen molar-refractivity contribution in [3.8, 4) is 0 Å². The molecule has 0 saturated carbocycles. The number of ether oxygens (including phenoxy) is 1. The van der Waals surface area contributed by atoms with Crippen LogP contribution in [0.15, 0.2) is 12.3 Å². The normalized spacial score (nSPS) is 19.7. The third-order valence-corrected chi connectivity index (χ3v) is 3.33. The number of nitrogens with zero attached hydrogens (tertiary/aromatic N) is 2. The van der Waals surface area contributed by atoms with Crippen molar-refractivity contribution in [2.75, 3.05) is 20.2 Å². The summed E-state index contributed by atoms with van der Waals surface area (Å²) < 4.78 is 5.22. The van der Waals surface area contributed by atoms with Crippen LogP contribution in [-0.2, 0) is 4.74 Å². The molecule has 1 amide bonds. The minimum absolute atomic E-state index is 0.107. The molecule has 1 aliphatic rings. The van der Waals surface area contributed by atoms with E-state index in [4.69, 9.17) is 27.9 Å². The maximum Gasteiger partial charge on any atom is 0.255 e. The number of likely N-dealkylation sites (tertiary alicyclic amines) is 1. The van der Waals surface area contributed by atoms with Crippen molar-refractivity contribution in [2.24, 2.45) is 0 Å². The van der Waals surface area contributed by atoms with E-state index in [1.54, 1.807) is 12.0 Å². The summed E-state index contributed by atoms with van der Waals surface area (Å²) in [6.07, 6.45) is 2.34. The van der Waals surface area contributed by atoms with Crippen LogP contribution < -0.4 is 0 Å². The largest absolute Gasteiger partial charge is 0.380 e. The Morgan fingerprint density at radius 3 is 3.00 bits per heavy atom. The molecule has 1 aliphatic heterocycles. The molecule has 17 heavy (non-hydrogen) atoms. The number of hydrogen-bond acceptors (Lipinski definition) is 3. The molecule has 92 valence electrons. The van der Waals surface area contributed by atoms with E-state index in [1.165, 1.54) is 12.3 Å². The second-order valence-corrected chi connectivity index (χ2v) is 4.68. The predicted octanol–water partition coefficient (Wildman–Crippen LogP) is 2.25. The SMILES string of the molecule is COC1CCN(C(=O)c2cc(Cl)ncc2Cl)C1. The minimum atomic E-state index is -0.126. The third kappa shape index (κ3) is 2.70. The first-order valence-corrected chi connectivity index (χ1v) is 6.00. The van der Waals surface area contributed by atoms with Gasteiger partial charge in [-0.1, -0.05) is 23.2 Å². The van der Waals surface area contributed by atoms with Crippen molar-refractivity contribution in [2.45, 2.75) is 12.5 Å². The van der Waals surface area contributed by atoms with Crippen LogP contribution >= 0.6 is 23.2 Å². The van der Waals surface area contributed by atoms with Crippen LogP contribution in [0, 0.1) is 0 Å². The van der Waals surface area contributed by atoms with Gasteiger partial charge in [-0.2, -0.15) is 0 Å². The zero-order valence-electron chi connectivity index (χ0n) is 9.32. The van der Waals surface area contributed by atoms with E-state index in [2.05, 4.69) is 4.98 Å². The lowest BCUT2D eigenvalue weighted by molar-refractivity contribution is 0.0724. The quantitative estimate of drug-likeness (QED) is 0.777. The molecule has 1 aromatic rings. The summed E-state index contributed by atoms with van der Waals surface area (Å²) in [7, 11) is 1.65. The Bertz CT molecular complexity index is 439. The second-order valence-electron chi connectivity index (χ2n) is 3.88. The molecule has 4 nitrogen and oxygen atoms in total. The fraction of sp³-hybridized carbons (Fsp3) is 0.455. The Labute approximate surface area is 109 Å². The van der Waals surface area contributed by atoms with Crippen LogP contribution in [-0.4, -0.2) is 42.1 Å². The molecule has 0 spiro atoms. The van der Waals surface area contributed by atoms with Crippen LogP contribution in [0.3, 0.4) is 0 Å². The van der Waals surface area contributed by atoms with Gasteiger partial charge in [0.25, 0.3) is 5.91 Å². The molecule has 0 radical (unpaired) electrons. The molecular formula is C11H12Cl2N2O2. The summed E-state index contributed by atoms with van der Waals surface area (Å²) in [4.78, 5) is 17.7. The number of halogens is 2. The molecule has 2 heterocycles. The molecule has 1 unspecified atom stereocenters. The summed E-state index contributed by atoms with van der Waals surface area (Å²) >= 11 is 11.7. The summed E-state index contributed by atoms with van der Waals surface area (Å²) in [5, 5.41) is 0.584. The van der Waals surface area contributed by atoms with Crippen LogP contribution in [0.25, 0.3) is 0 Å². The van der Waals surface area contributed by atoms with Gasteiger partial charge in [0, 0.05) is 26.4 Å². The van der Waals surface area contributed by atoms with Gasteiger partial charge in [0.15, 0.2) is 0 Å². The highest BCUT2D eigenvalue weighted by Gasteiger charge is 2.28. The van der Waals surface area contributed by atoms with Crippen LogP contribution in [0.1, 0.15) is 16.8 Å². The zero-order chi connectivity index (χ0) is 12.4.